The van der Waals surface area contributed by atoms with Crippen molar-refractivity contribution in [2.75, 3.05) is 5.32 Å². The molecule has 0 unspecified atom stereocenters. The number of halogens is 2. The van der Waals surface area contributed by atoms with Gasteiger partial charge in [0.1, 0.15) is 0 Å². The van der Waals surface area contributed by atoms with Crippen LogP contribution in [0.15, 0.2) is 35.0 Å². The van der Waals surface area contributed by atoms with Gasteiger partial charge in [-0.25, -0.2) is 0 Å². The third-order valence-corrected chi connectivity index (χ3v) is 4.36. The Morgan fingerprint density at radius 3 is 2.78 bits per heavy atom. The van der Waals surface area contributed by atoms with Gasteiger partial charge in [0.05, 0.1) is 10.7 Å². The third-order valence-electron chi connectivity index (χ3n) is 3.06. The monoisotopic (exact) mass is 371 g/mol. The van der Waals surface area contributed by atoms with Crippen molar-refractivity contribution in [1.29, 1.82) is 0 Å². The van der Waals surface area contributed by atoms with Gasteiger partial charge in [-0.05, 0) is 53.9 Å². The highest BCUT2D eigenvalue weighted by Crippen LogP contribution is 2.25. The number of ether oxygens (including phenoxy) is 1. The molecule has 23 heavy (non-hydrogen) atoms. The lowest BCUT2D eigenvalue weighted by Crippen LogP contribution is -2.30. The molecule has 7 heteroatoms. The Labute approximate surface area is 148 Å². The Kier molecular flexibility index (Phi) is 6.45. The molecule has 122 valence electrons. The summed E-state index contributed by atoms with van der Waals surface area (Å²) in [5, 5.41) is 7.33. The van der Waals surface area contributed by atoms with Crippen molar-refractivity contribution < 1.29 is 14.3 Å². The van der Waals surface area contributed by atoms with E-state index in [0.717, 1.165) is 5.56 Å². The quantitative estimate of drug-likeness (QED) is 0.757. The maximum absolute atomic E-state index is 12.1. The molecule has 2 rings (SSSR count). The summed E-state index contributed by atoms with van der Waals surface area (Å²) in [6.07, 6.45) is -0.0942. The highest BCUT2D eigenvalue weighted by atomic mass is 35.5. The summed E-state index contributed by atoms with van der Waals surface area (Å²) in [6, 6.07) is 6.69. The van der Waals surface area contributed by atoms with E-state index in [1.54, 1.807) is 23.5 Å². The second kappa shape index (κ2) is 8.34. The van der Waals surface area contributed by atoms with Crippen molar-refractivity contribution in [2.24, 2.45) is 0 Å². The first-order valence-electron chi connectivity index (χ1n) is 6.92. The predicted octanol–water partition coefficient (Wildman–Crippen LogP) is 4.56. The van der Waals surface area contributed by atoms with Gasteiger partial charge < -0.3 is 10.1 Å². The van der Waals surface area contributed by atoms with Gasteiger partial charge in [-0.3, -0.25) is 9.59 Å². The van der Waals surface area contributed by atoms with E-state index in [-0.39, 0.29) is 6.42 Å². The molecule has 0 spiro atoms. The number of carbonyl (C=O) groups excluding carboxylic acids is 2. The first-order chi connectivity index (χ1) is 11.0. The normalized spacial score (nSPS) is 11.8. The predicted molar refractivity (Wildman–Crippen MR) is 93.3 cm³/mol. The summed E-state index contributed by atoms with van der Waals surface area (Å²) < 4.78 is 5.13. The number of hydrogen-bond acceptors (Lipinski definition) is 4. The molecular weight excluding hydrogens is 357 g/mol. The number of esters is 1. The van der Waals surface area contributed by atoms with Crippen LogP contribution in [0.4, 0.5) is 5.69 Å². The van der Waals surface area contributed by atoms with Crippen molar-refractivity contribution in [3.05, 3.63) is 50.6 Å². The van der Waals surface area contributed by atoms with E-state index in [4.69, 9.17) is 27.9 Å². The minimum atomic E-state index is -0.917. The maximum atomic E-state index is 12.1. The maximum Gasteiger partial charge on any atom is 0.306 e. The number of rotatable bonds is 6. The van der Waals surface area contributed by atoms with Gasteiger partial charge in [0, 0.05) is 11.4 Å². The molecule has 1 N–H and O–H groups in total. The van der Waals surface area contributed by atoms with Gasteiger partial charge in [0.25, 0.3) is 5.91 Å². The van der Waals surface area contributed by atoms with Crippen LogP contribution in [0.5, 0.6) is 0 Å². The van der Waals surface area contributed by atoms with Crippen molar-refractivity contribution in [3.8, 4) is 0 Å². The number of carbonyl (C=O) groups is 2. The van der Waals surface area contributed by atoms with E-state index in [2.05, 4.69) is 5.32 Å². The first kappa shape index (κ1) is 17.8. The second-order valence-electron chi connectivity index (χ2n) is 4.88. The molecule has 0 aliphatic rings. The van der Waals surface area contributed by atoms with Crippen molar-refractivity contribution in [2.45, 2.75) is 25.9 Å². The van der Waals surface area contributed by atoms with Crippen LogP contribution >= 0.6 is 34.5 Å². The van der Waals surface area contributed by atoms with Gasteiger partial charge in [-0.1, -0.05) is 23.2 Å². The van der Waals surface area contributed by atoms with Crippen molar-refractivity contribution >= 4 is 52.1 Å². The van der Waals surface area contributed by atoms with E-state index >= 15 is 0 Å². The fraction of sp³-hybridized carbons (Fsp3) is 0.250. The lowest BCUT2D eigenvalue weighted by atomic mass is 10.2. The molecule has 1 atom stereocenters. The zero-order valence-corrected chi connectivity index (χ0v) is 14.7. The summed E-state index contributed by atoms with van der Waals surface area (Å²) >= 11 is 13.4. The zero-order valence-electron chi connectivity index (χ0n) is 12.3. The van der Waals surface area contributed by atoms with Crippen LogP contribution in [0.25, 0.3) is 0 Å². The topological polar surface area (TPSA) is 55.4 Å². The first-order valence-corrected chi connectivity index (χ1v) is 8.62. The molecule has 0 radical (unpaired) electrons. The molecule has 0 bridgehead atoms. The van der Waals surface area contributed by atoms with Crippen molar-refractivity contribution in [1.82, 2.24) is 0 Å². The molecule has 0 saturated heterocycles. The molecule has 2 aromatic rings. The smallest absolute Gasteiger partial charge is 0.306 e. The summed E-state index contributed by atoms with van der Waals surface area (Å²) in [5.74, 6) is -0.880. The van der Waals surface area contributed by atoms with E-state index in [9.17, 15) is 9.59 Å². The van der Waals surface area contributed by atoms with Crippen LogP contribution in [0.3, 0.4) is 0 Å². The SMILES string of the molecule is C[C@@H](OC(=O)CCc1ccsc1)C(=O)Nc1cc(Cl)ccc1Cl. The van der Waals surface area contributed by atoms with Crippen LogP contribution in [0.1, 0.15) is 18.9 Å². The Hall–Kier alpha value is -1.56. The fourth-order valence-electron chi connectivity index (χ4n) is 1.82. The van der Waals surface area contributed by atoms with E-state index in [0.29, 0.717) is 22.2 Å². The highest BCUT2D eigenvalue weighted by Gasteiger charge is 2.19. The molecular formula is C16H15Cl2NO3S. The zero-order chi connectivity index (χ0) is 16.8. The Balaban J connectivity index is 1.84. The largest absolute Gasteiger partial charge is 0.453 e. The molecule has 0 aliphatic carbocycles. The van der Waals surface area contributed by atoms with Crippen molar-refractivity contribution in [3.63, 3.8) is 0 Å². The molecule has 1 heterocycles. The Morgan fingerprint density at radius 2 is 2.09 bits per heavy atom. The summed E-state index contributed by atoms with van der Waals surface area (Å²) in [4.78, 5) is 23.8. The molecule has 4 nitrogen and oxygen atoms in total. The number of aryl methyl sites for hydroxylation is 1. The number of benzene rings is 1. The van der Waals surface area contributed by atoms with Gasteiger partial charge in [0.2, 0.25) is 0 Å². The van der Waals surface area contributed by atoms with Crippen LogP contribution in [-0.4, -0.2) is 18.0 Å². The minimum Gasteiger partial charge on any atom is -0.453 e. The van der Waals surface area contributed by atoms with Gasteiger partial charge in [-0.2, -0.15) is 11.3 Å². The molecule has 0 fully saturated rings. The number of anilines is 1. The average Bonchev–Trinajstić information content (AvgIpc) is 3.02. The van der Waals surface area contributed by atoms with Crippen LogP contribution in [0, 0.1) is 0 Å². The minimum absolute atomic E-state index is 0.228. The Morgan fingerprint density at radius 1 is 1.30 bits per heavy atom. The molecule has 1 aromatic carbocycles. The van der Waals surface area contributed by atoms with Gasteiger partial charge in [-0.15, -0.1) is 0 Å². The molecule has 0 aliphatic heterocycles. The fourth-order valence-corrected chi connectivity index (χ4v) is 2.86. The lowest BCUT2D eigenvalue weighted by molar-refractivity contribution is -0.153. The number of thiophene rings is 1. The number of amides is 1. The van der Waals surface area contributed by atoms with Crippen LogP contribution in [-0.2, 0) is 20.7 Å². The molecule has 0 saturated carbocycles. The third kappa shape index (κ3) is 5.53. The summed E-state index contributed by atoms with van der Waals surface area (Å²) in [7, 11) is 0. The standard InChI is InChI=1S/C16H15Cl2NO3S/c1-10(22-15(20)5-2-11-6-7-23-9-11)16(21)19-14-8-12(17)3-4-13(14)18/h3-4,6-10H,2,5H2,1H3,(H,19,21)/t10-/m1/s1. The van der Waals surface area contributed by atoms with E-state index in [1.165, 1.54) is 13.0 Å². The van der Waals surface area contributed by atoms with Gasteiger partial charge >= 0.3 is 5.97 Å². The van der Waals surface area contributed by atoms with Gasteiger partial charge in [0.15, 0.2) is 6.10 Å². The molecule has 1 aromatic heterocycles. The summed E-state index contributed by atoms with van der Waals surface area (Å²) in [6.45, 7) is 1.51. The number of nitrogens with one attached hydrogen (secondary N) is 1. The Bertz CT molecular complexity index is 689. The molecule has 1 amide bonds. The average molecular weight is 372 g/mol. The van der Waals surface area contributed by atoms with Crippen LogP contribution in [0.2, 0.25) is 10.0 Å². The van der Waals surface area contributed by atoms with Crippen LogP contribution < -0.4 is 5.32 Å². The lowest BCUT2D eigenvalue weighted by Gasteiger charge is -2.14. The van der Waals surface area contributed by atoms with E-state index < -0.39 is 18.0 Å². The highest BCUT2D eigenvalue weighted by molar-refractivity contribution is 7.07. The van der Waals surface area contributed by atoms with E-state index in [1.807, 2.05) is 16.8 Å². The second-order valence-corrected chi connectivity index (χ2v) is 6.50. The summed E-state index contributed by atoms with van der Waals surface area (Å²) in [5.41, 5.74) is 1.46. The number of hydrogen-bond donors (Lipinski definition) is 1.